The summed E-state index contributed by atoms with van der Waals surface area (Å²) in [5.74, 6) is 0.142. The Balaban J connectivity index is 1.52. The molecule has 0 unspecified atom stereocenters. The number of carbonyl (C=O) groups excluding carboxylic acids is 2. The van der Waals surface area contributed by atoms with Gasteiger partial charge in [-0.3, -0.25) is 9.59 Å². The molecular weight excluding hydrogens is 462 g/mol. The maximum Gasteiger partial charge on any atom is 0.271 e. The lowest BCUT2D eigenvalue weighted by Crippen LogP contribution is -2.43. The molecule has 0 spiro atoms. The molecule has 0 saturated carbocycles. The summed E-state index contributed by atoms with van der Waals surface area (Å²) in [4.78, 5) is 25.9. The SMILES string of the molecule is O=C(N/N=C\c1ccc(OCC(=O)N2CCOCC2)c(Br)c1)c1ccc(Cl)cc1. The zero-order chi connectivity index (χ0) is 20.6. The number of benzene rings is 2. The minimum Gasteiger partial charge on any atom is -0.483 e. The fourth-order valence-corrected chi connectivity index (χ4v) is 3.23. The highest BCUT2D eigenvalue weighted by atomic mass is 79.9. The molecule has 1 aliphatic heterocycles. The zero-order valence-corrected chi connectivity index (χ0v) is 17.8. The van der Waals surface area contributed by atoms with Gasteiger partial charge >= 0.3 is 0 Å². The summed E-state index contributed by atoms with van der Waals surface area (Å²) in [6.07, 6.45) is 1.52. The number of morpholine rings is 1. The molecule has 3 rings (SSSR count). The van der Waals surface area contributed by atoms with E-state index in [2.05, 4.69) is 26.5 Å². The summed E-state index contributed by atoms with van der Waals surface area (Å²) in [5.41, 5.74) is 3.67. The van der Waals surface area contributed by atoms with Crippen LogP contribution in [0.15, 0.2) is 52.0 Å². The minimum absolute atomic E-state index is 0.0385. The predicted octanol–water partition coefficient (Wildman–Crippen LogP) is 3.10. The largest absolute Gasteiger partial charge is 0.483 e. The van der Waals surface area contributed by atoms with Crippen molar-refractivity contribution in [1.82, 2.24) is 10.3 Å². The first-order valence-electron chi connectivity index (χ1n) is 8.90. The van der Waals surface area contributed by atoms with Crippen molar-refractivity contribution in [2.24, 2.45) is 5.10 Å². The fourth-order valence-electron chi connectivity index (χ4n) is 2.59. The second-order valence-corrected chi connectivity index (χ2v) is 7.47. The van der Waals surface area contributed by atoms with Gasteiger partial charge in [-0.1, -0.05) is 11.6 Å². The van der Waals surface area contributed by atoms with Crippen LogP contribution >= 0.6 is 27.5 Å². The van der Waals surface area contributed by atoms with Gasteiger partial charge in [0.15, 0.2) is 6.61 Å². The van der Waals surface area contributed by atoms with E-state index in [1.807, 2.05) is 0 Å². The first-order chi connectivity index (χ1) is 14.0. The first-order valence-corrected chi connectivity index (χ1v) is 10.1. The summed E-state index contributed by atoms with van der Waals surface area (Å²) in [6.45, 7) is 2.24. The van der Waals surface area contributed by atoms with Crippen molar-refractivity contribution in [3.05, 3.63) is 63.1 Å². The van der Waals surface area contributed by atoms with Gasteiger partial charge in [0.25, 0.3) is 11.8 Å². The lowest BCUT2D eigenvalue weighted by atomic mass is 10.2. The van der Waals surface area contributed by atoms with Crippen LogP contribution in [0.3, 0.4) is 0 Å². The number of ether oxygens (including phenoxy) is 2. The molecule has 1 heterocycles. The van der Waals surface area contributed by atoms with Crippen LogP contribution in [-0.2, 0) is 9.53 Å². The fraction of sp³-hybridized carbons (Fsp3) is 0.250. The number of nitrogens with zero attached hydrogens (tertiary/aromatic N) is 2. The number of hydrogen-bond donors (Lipinski definition) is 1. The Morgan fingerprint density at radius 2 is 1.93 bits per heavy atom. The maximum absolute atomic E-state index is 12.2. The topological polar surface area (TPSA) is 80.2 Å². The van der Waals surface area contributed by atoms with Gasteiger partial charge in [-0.2, -0.15) is 5.10 Å². The Labute approximate surface area is 181 Å². The molecule has 1 fully saturated rings. The molecule has 2 aromatic rings. The molecule has 1 saturated heterocycles. The molecule has 7 nitrogen and oxygen atoms in total. The maximum atomic E-state index is 12.2. The highest BCUT2D eigenvalue weighted by molar-refractivity contribution is 9.10. The molecule has 1 N–H and O–H groups in total. The number of nitrogens with one attached hydrogen (secondary N) is 1. The second-order valence-electron chi connectivity index (χ2n) is 6.18. The molecule has 0 bridgehead atoms. The van der Waals surface area contributed by atoms with E-state index < -0.39 is 0 Å². The number of halogens is 2. The van der Waals surface area contributed by atoms with E-state index in [-0.39, 0.29) is 18.4 Å². The first kappa shape index (κ1) is 21.3. The lowest BCUT2D eigenvalue weighted by molar-refractivity contribution is -0.137. The van der Waals surface area contributed by atoms with Crippen LogP contribution in [-0.4, -0.2) is 55.8 Å². The summed E-state index contributed by atoms with van der Waals surface area (Å²) < 4.78 is 11.5. The van der Waals surface area contributed by atoms with Crippen molar-refractivity contribution in [3.8, 4) is 5.75 Å². The number of hydrogen-bond acceptors (Lipinski definition) is 5. The molecule has 9 heteroatoms. The summed E-state index contributed by atoms with van der Waals surface area (Å²) in [6, 6.07) is 11.8. The van der Waals surface area contributed by atoms with Crippen LogP contribution in [0.4, 0.5) is 0 Å². The van der Waals surface area contributed by atoms with Crippen molar-refractivity contribution >= 4 is 45.6 Å². The van der Waals surface area contributed by atoms with Crippen LogP contribution in [0, 0.1) is 0 Å². The molecule has 152 valence electrons. The van der Waals surface area contributed by atoms with Crippen molar-refractivity contribution in [3.63, 3.8) is 0 Å². The van der Waals surface area contributed by atoms with Crippen LogP contribution in [0.2, 0.25) is 5.02 Å². The average Bonchev–Trinajstić information content (AvgIpc) is 2.74. The molecule has 2 aromatic carbocycles. The minimum atomic E-state index is -0.335. The summed E-state index contributed by atoms with van der Waals surface area (Å²) in [5, 5.41) is 4.51. The highest BCUT2D eigenvalue weighted by Crippen LogP contribution is 2.25. The number of rotatable bonds is 6. The van der Waals surface area contributed by atoms with Crippen molar-refractivity contribution in [1.29, 1.82) is 0 Å². The average molecular weight is 481 g/mol. The normalized spacial score (nSPS) is 14.1. The Morgan fingerprint density at radius 1 is 1.21 bits per heavy atom. The highest BCUT2D eigenvalue weighted by Gasteiger charge is 2.17. The Hall–Kier alpha value is -2.42. The molecule has 29 heavy (non-hydrogen) atoms. The van der Waals surface area contributed by atoms with Crippen LogP contribution in [0.5, 0.6) is 5.75 Å². The van der Waals surface area contributed by atoms with E-state index in [0.29, 0.717) is 47.1 Å². The molecule has 0 radical (unpaired) electrons. The van der Waals surface area contributed by atoms with E-state index in [1.165, 1.54) is 6.21 Å². The van der Waals surface area contributed by atoms with Gasteiger partial charge < -0.3 is 14.4 Å². The molecule has 0 atom stereocenters. The van der Waals surface area contributed by atoms with Crippen molar-refractivity contribution in [2.75, 3.05) is 32.9 Å². The van der Waals surface area contributed by atoms with Gasteiger partial charge in [-0.15, -0.1) is 0 Å². The number of carbonyl (C=O) groups is 2. The Bertz CT molecular complexity index is 899. The van der Waals surface area contributed by atoms with Gasteiger partial charge in [0.2, 0.25) is 0 Å². The Morgan fingerprint density at radius 3 is 2.62 bits per heavy atom. The number of hydrazone groups is 1. The van der Waals surface area contributed by atoms with E-state index >= 15 is 0 Å². The van der Waals surface area contributed by atoms with Crippen molar-refractivity contribution < 1.29 is 19.1 Å². The van der Waals surface area contributed by atoms with Gasteiger partial charge in [-0.05, 0) is 64.0 Å². The van der Waals surface area contributed by atoms with Crippen molar-refractivity contribution in [2.45, 2.75) is 0 Å². The Kier molecular flexibility index (Phi) is 7.62. The van der Waals surface area contributed by atoms with Gasteiger partial charge in [0.1, 0.15) is 5.75 Å². The monoisotopic (exact) mass is 479 g/mol. The zero-order valence-electron chi connectivity index (χ0n) is 15.4. The predicted molar refractivity (Wildman–Crippen MR) is 114 cm³/mol. The molecule has 2 amide bonds. The van der Waals surface area contributed by atoms with Gasteiger partial charge in [0, 0.05) is 23.7 Å². The standard InChI is InChI=1S/C20H19BrClN3O4/c21-17-11-14(12-23-24-20(27)15-2-4-16(22)5-3-15)1-6-18(17)29-13-19(26)25-7-9-28-10-8-25/h1-6,11-12H,7-10,13H2,(H,24,27)/b23-12-. The smallest absolute Gasteiger partial charge is 0.271 e. The van der Waals surface area contributed by atoms with E-state index in [1.54, 1.807) is 47.4 Å². The van der Waals surface area contributed by atoms with E-state index in [4.69, 9.17) is 21.1 Å². The quantitative estimate of drug-likeness (QED) is 0.509. The lowest BCUT2D eigenvalue weighted by Gasteiger charge is -2.26. The third kappa shape index (κ3) is 6.28. The van der Waals surface area contributed by atoms with E-state index in [9.17, 15) is 9.59 Å². The molecular formula is C20H19BrClN3O4. The molecule has 0 aliphatic carbocycles. The van der Waals surface area contributed by atoms with Crippen LogP contribution in [0.25, 0.3) is 0 Å². The summed E-state index contributed by atoms with van der Waals surface area (Å²) >= 11 is 9.23. The number of amides is 2. The van der Waals surface area contributed by atoms with Crippen LogP contribution < -0.4 is 10.2 Å². The summed E-state index contributed by atoms with van der Waals surface area (Å²) in [7, 11) is 0. The third-order valence-electron chi connectivity index (χ3n) is 4.16. The second kappa shape index (κ2) is 10.4. The van der Waals surface area contributed by atoms with Gasteiger partial charge in [0.05, 0.1) is 23.9 Å². The molecule has 1 aliphatic rings. The molecule has 0 aromatic heterocycles. The van der Waals surface area contributed by atoms with Gasteiger partial charge in [-0.25, -0.2) is 5.43 Å². The van der Waals surface area contributed by atoms with Crippen LogP contribution in [0.1, 0.15) is 15.9 Å². The van der Waals surface area contributed by atoms with E-state index in [0.717, 1.165) is 5.56 Å². The third-order valence-corrected chi connectivity index (χ3v) is 5.03.